The lowest BCUT2D eigenvalue weighted by molar-refractivity contribution is 0.0398. The molecule has 1 aliphatic heterocycles. The van der Waals surface area contributed by atoms with Gasteiger partial charge in [-0.2, -0.15) is 12.2 Å². The highest BCUT2D eigenvalue weighted by Crippen LogP contribution is 2.34. The van der Waals surface area contributed by atoms with Crippen LogP contribution in [0.25, 0.3) is 11.0 Å². The van der Waals surface area contributed by atoms with E-state index in [1.165, 1.54) is 12.1 Å². The number of morpholine rings is 1. The average molecular weight is 436 g/mol. The summed E-state index contributed by atoms with van der Waals surface area (Å²) in [5.41, 5.74) is 1.71. The highest BCUT2D eigenvalue weighted by molar-refractivity contribution is 7.94. The number of furan rings is 1. The first kappa shape index (κ1) is 20.0. The molecule has 7 nitrogen and oxygen atoms in total. The predicted molar refractivity (Wildman–Crippen MR) is 114 cm³/mol. The Morgan fingerprint density at radius 3 is 2.62 bits per heavy atom. The molecule has 3 aromatic rings. The third-order valence-corrected chi connectivity index (χ3v) is 7.08. The quantitative estimate of drug-likeness (QED) is 0.572. The maximum Gasteiger partial charge on any atom is 0.278 e. The van der Waals surface area contributed by atoms with Crippen molar-refractivity contribution < 1.29 is 17.6 Å². The van der Waals surface area contributed by atoms with Gasteiger partial charge in [0.1, 0.15) is 0 Å². The van der Waals surface area contributed by atoms with E-state index in [9.17, 15) is 8.42 Å². The molecule has 0 spiro atoms. The van der Waals surface area contributed by atoms with E-state index < -0.39 is 10.0 Å². The normalized spacial score (nSPS) is 15.5. The molecule has 0 radical (unpaired) electrons. The first-order chi connectivity index (χ1) is 14.1. The highest BCUT2D eigenvalue weighted by Gasteiger charge is 2.24. The Bertz CT molecular complexity index is 1070. The second-order valence-electron chi connectivity index (χ2n) is 6.75. The van der Waals surface area contributed by atoms with E-state index in [1.807, 2.05) is 0 Å². The van der Waals surface area contributed by atoms with Crippen molar-refractivity contribution in [1.82, 2.24) is 4.90 Å². The summed E-state index contributed by atoms with van der Waals surface area (Å²) < 4.78 is 37.5. The minimum Gasteiger partial charge on any atom is -0.462 e. The van der Waals surface area contributed by atoms with Gasteiger partial charge in [-0.05, 0) is 30.3 Å². The van der Waals surface area contributed by atoms with Gasteiger partial charge in [0, 0.05) is 43.3 Å². The van der Waals surface area contributed by atoms with Crippen LogP contribution in [0, 0.1) is 0 Å². The van der Waals surface area contributed by atoms with Crippen LogP contribution < -0.4 is 9.14 Å². The number of benzene rings is 2. The summed E-state index contributed by atoms with van der Waals surface area (Å²) in [7, 11) is -3.88. The van der Waals surface area contributed by atoms with Crippen LogP contribution in [0.15, 0.2) is 64.1 Å². The first-order valence-electron chi connectivity index (χ1n) is 9.37. The summed E-state index contributed by atoms with van der Waals surface area (Å²) in [5.74, 6) is 0. The second-order valence-corrected chi connectivity index (χ2v) is 9.07. The highest BCUT2D eigenvalue weighted by atomic mass is 35.5. The topological polar surface area (TPSA) is 75.0 Å². The number of nitrogens with zero attached hydrogens (tertiary/aromatic N) is 2. The Kier molecular flexibility index (Phi) is 5.96. The molecule has 29 heavy (non-hydrogen) atoms. The predicted octanol–water partition coefficient (Wildman–Crippen LogP) is 3.53. The van der Waals surface area contributed by atoms with Crippen molar-refractivity contribution in [3.05, 3.63) is 54.8 Å². The van der Waals surface area contributed by atoms with Gasteiger partial charge in [0.2, 0.25) is 0 Å². The van der Waals surface area contributed by atoms with Crippen LogP contribution in [0.5, 0.6) is 0 Å². The Labute approximate surface area is 175 Å². The maximum absolute atomic E-state index is 12.9. The molecule has 1 saturated heterocycles. The lowest BCUT2D eigenvalue weighted by Gasteiger charge is -2.26. The van der Waals surface area contributed by atoms with E-state index in [4.69, 9.17) is 20.9 Å². The van der Waals surface area contributed by atoms with Gasteiger partial charge in [0.25, 0.3) is 10.0 Å². The zero-order valence-corrected chi connectivity index (χ0v) is 17.3. The van der Waals surface area contributed by atoms with Crippen LogP contribution in [0.1, 0.15) is 0 Å². The summed E-state index contributed by atoms with van der Waals surface area (Å²) >= 11 is 6.29. The van der Waals surface area contributed by atoms with Gasteiger partial charge < -0.3 is 14.5 Å². The number of halogens is 1. The number of nitrogens with one attached hydrogen (secondary N) is 1. The maximum atomic E-state index is 12.9. The summed E-state index contributed by atoms with van der Waals surface area (Å²) in [6.07, 6.45) is 1.58. The zero-order valence-electron chi connectivity index (χ0n) is 15.8. The number of hydrogen-bond acceptors (Lipinski definition) is 6. The second kappa shape index (κ2) is 8.62. The molecule has 0 amide bonds. The zero-order chi connectivity index (χ0) is 20.3. The lowest BCUT2D eigenvalue weighted by Crippen LogP contribution is -2.39. The van der Waals surface area contributed by atoms with Crippen molar-refractivity contribution >= 4 is 44.1 Å². The van der Waals surface area contributed by atoms with Crippen LogP contribution in [0.2, 0.25) is 0 Å². The van der Waals surface area contributed by atoms with Gasteiger partial charge >= 0.3 is 0 Å². The number of ether oxygens (including phenoxy) is 1. The van der Waals surface area contributed by atoms with Gasteiger partial charge in [-0.3, -0.25) is 4.90 Å². The van der Waals surface area contributed by atoms with Crippen molar-refractivity contribution in [2.24, 2.45) is 0 Å². The molecule has 9 heteroatoms. The van der Waals surface area contributed by atoms with Gasteiger partial charge in [0.05, 0.1) is 35.7 Å². The molecule has 154 valence electrons. The molecule has 0 unspecified atom stereocenters. The van der Waals surface area contributed by atoms with E-state index >= 15 is 0 Å². The van der Waals surface area contributed by atoms with Crippen LogP contribution in [-0.2, 0) is 14.8 Å². The molecule has 2 heterocycles. The number of hydrogen-bond donors (Lipinski definition) is 1. The van der Waals surface area contributed by atoms with E-state index in [0.717, 1.165) is 42.1 Å². The first-order valence-corrected chi connectivity index (χ1v) is 11.1. The summed E-state index contributed by atoms with van der Waals surface area (Å²) in [4.78, 5) is 2.44. The lowest BCUT2D eigenvalue weighted by atomic mass is 10.2. The van der Waals surface area contributed by atoms with Crippen LogP contribution in [0.3, 0.4) is 0 Å². The van der Waals surface area contributed by atoms with Gasteiger partial charge in [-0.15, -0.1) is 0 Å². The van der Waals surface area contributed by atoms with Crippen molar-refractivity contribution in [2.75, 3.05) is 48.5 Å². The molecule has 0 aliphatic carbocycles. The van der Waals surface area contributed by atoms with Gasteiger partial charge in [-0.1, -0.05) is 18.2 Å². The average Bonchev–Trinajstić information content (AvgIpc) is 3.23. The molecule has 1 aliphatic rings. The Balaban J connectivity index is 1.57. The number of sulfonamides is 1. The fraction of sp³-hybridized carbons (Fsp3) is 0.300. The minimum atomic E-state index is -3.88. The number of rotatable bonds is 7. The van der Waals surface area contributed by atoms with Crippen LogP contribution in [-0.4, -0.2) is 52.7 Å². The fourth-order valence-corrected chi connectivity index (χ4v) is 4.70. The largest absolute Gasteiger partial charge is 0.462 e. The Morgan fingerprint density at radius 1 is 1.10 bits per heavy atom. The molecule has 4 rings (SSSR count). The Hall–Kier alpha value is -2.26. The molecular formula is C20H22ClN3O4S. The molecule has 2 aromatic carbocycles. The van der Waals surface area contributed by atoms with Gasteiger partial charge in [0.15, 0.2) is 5.58 Å². The SMILES string of the molecule is O=S(=O)(c1ccccc1)N(Cl)c1cc(NCCN2CCOCC2)c2occc2c1. The summed E-state index contributed by atoms with van der Waals surface area (Å²) in [6, 6.07) is 13.3. The van der Waals surface area contributed by atoms with Crippen LogP contribution in [0.4, 0.5) is 11.4 Å². The molecule has 0 atom stereocenters. The van der Waals surface area contributed by atoms with Crippen molar-refractivity contribution in [3.63, 3.8) is 0 Å². The van der Waals surface area contributed by atoms with Gasteiger partial charge in [-0.25, -0.2) is 0 Å². The van der Waals surface area contributed by atoms with E-state index in [-0.39, 0.29) is 4.90 Å². The third-order valence-electron chi connectivity index (χ3n) is 4.84. The molecule has 1 aromatic heterocycles. The fourth-order valence-electron chi connectivity index (χ4n) is 3.30. The summed E-state index contributed by atoms with van der Waals surface area (Å²) in [6.45, 7) is 4.84. The van der Waals surface area contributed by atoms with E-state index in [0.29, 0.717) is 23.5 Å². The molecule has 1 N–H and O–H groups in total. The van der Waals surface area contributed by atoms with E-state index in [2.05, 4.69) is 10.2 Å². The monoisotopic (exact) mass is 435 g/mol. The molecule has 0 bridgehead atoms. The molecule has 1 fully saturated rings. The summed E-state index contributed by atoms with van der Waals surface area (Å²) in [5, 5.41) is 4.12. The third kappa shape index (κ3) is 4.35. The standard InChI is InChI=1S/C20H22ClN3O4S/c21-24(29(25,26)18-4-2-1-3-5-18)17-14-16-6-11-28-20(16)19(15-17)22-7-8-23-9-12-27-13-10-23/h1-6,11,14-15,22H,7-10,12-13H2. The molecule has 0 saturated carbocycles. The van der Waals surface area contributed by atoms with E-state index in [1.54, 1.807) is 42.7 Å². The Morgan fingerprint density at radius 2 is 1.86 bits per heavy atom. The van der Waals surface area contributed by atoms with Crippen molar-refractivity contribution in [1.29, 1.82) is 0 Å². The van der Waals surface area contributed by atoms with Crippen molar-refractivity contribution in [2.45, 2.75) is 4.90 Å². The smallest absolute Gasteiger partial charge is 0.278 e. The molecular weight excluding hydrogens is 414 g/mol. The number of fused-ring (bicyclic) bond motifs is 1. The van der Waals surface area contributed by atoms with Crippen molar-refractivity contribution in [3.8, 4) is 0 Å². The minimum absolute atomic E-state index is 0.129. The number of anilines is 2. The van der Waals surface area contributed by atoms with Crippen LogP contribution >= 0.6 is 11.8 Å².